The molecule has 0 saturated heterocycles. The van der Waals surface area contributed by atoms with Crippen LogP contribution in [0.1, 0.15) is 42.4 Å². The number of primary amides is 1. The molecule has 3 aromatic rings. The first kappa shape index (κ1) is 18.6. The molecular formula is C20H23N5O2. The normalized spacial score (nSPS) is 11.5. The molecule has 140 valence electrons. The Morgan fingerprint density at radius 2 is 1.85 bits per heavy atom. The number of rotatable bonds is 6. The van der Waals surface area contributed by atoms with Crippen LogP contribution in [0.2, 0.25) is 0 Å². The highest BCUT2D eigenvalue weighted by Gasteiger charge is 2.16. The second kappa shape index (κ2) is 7.19. The molecule has 2 heterocycles. The van der Waals surface area contributed by atoms with Crippen LogP contribution in [0.25, 0.3) is 5.65 Å². The number of nitrogens with zero attached hydrogens (tertiary/aromatic N) is 3. The summed E-state index contributed by atoms with van der Waals surface area (Å²) in [5, 5.41) is 7.09. The van der Waals surface area contributed by atoms with Crippen LogP contribution >= 0.6 is 0 Å². The van der Waals surface area contributed by atoms with E-state index < -0.39 is 5.91 Å². The van der Waals surface area contributed by atoms with Gasteiger partial charge < -0.3 is 11.1 Å². The molecule has 0 aliphatic carbocycles. The van der Waals surface area contributed by atoms with E-state index >= 15 is 0 Å². The van der Waals surface area contributed by atoms with Crippen molar-refractivity contribution in [1.29, 1.82) is 0 Å². The van der Waals surface area contributed by atoms with E-state index in [1.807, 2.05) is 24.3 Å². The molecule has 7 nitrogen and oxygen atoms in total. The number of carbonyl (C=O) groups excluding carboxylic acids is 2. The maximum Gasteiger partial charge on any atom is 0.236 e. The van der Waals surface area contributed by atoms with Crippen LogP contribution in [0.3, 0.4) is 0 Å². The second-order valence-electron chi connectivity index (χ2n) is 7.48. The minimum Gasteiger partial charge on any atom is -0.368 e. The Morgan fingerprint density at radius 3 is 2.48 bits per heavy atom. The summed E-state index contributed by atoms with van der Waals surface area (Å²) in [6.07, 6.45) is 1.76. The molecule has 2 aromatic heterocycles. The summed E-state index contributed by atoms with van der Waals surface area (Å²) in [7, 11) is 0. The van der Waals surface area contributed by atoms with Gasteiger partial charge in [0.25, 0.3) is 0 Å². The van der Waals surface area contributed by atoms with Gasteiger partial charge in [-0.25, -0.2) is 4.98 Å². The lowest BCUT2D eigenvalue weighted by atomic mass is 9.86. The molecule has 27 heavy (non-hydrogen) atoms. The predicted octanol–water partition coefficient (Wildman–Crippen LogP) is 2.35. The Bertz CT molecular complexity index is 984. The number of nitrogens with two attached hydrogens (primary N) is 1. The molecule has 0 fully saturated rings. The van der Waals surface area contributed by atoms with E-state index in [0.29, 0.717) is 22.7 Å². The number of hydrogen-bond acceptors (Lipinski definition) is 5. The van der Waals surface area contributed by atoms with Crippen LogP contribution in [0.5, 0.6) is 0 Å². The summed E-state index contributed by atoms with van der Waals surface area (Å²) < 4.78 is 1.56. The van der Waals surface area contributed by atoms with Crippen molar-refractivity contribution in [3.8, 4) is 0 Å². The molecule has 3 rings (SSSR count). The molecule has 1 amide bonds. The SMILES string of the molecule is CC(C)(C)c1ccc(C(=O)Cc2cc(NCC(N)=O)n3nccc3n2)cc1. The van der Waals surface area contributed by atoms with Crippen LogP contribution in [-0.4, -0.2) is 32.8 Å². The standard InChI is InChI=1S/C20H23N5O2/c1-20(2,3)14-6-4-13(5-7-14)16(26)10-15-11-19(22-12-17(21)27)25-18(24-15)8-9-23-25/h4-9,11,22H,10,12H2,1-3H3,(H2,21,27). The highest BCUT2D eigenvalue weighted by Crippen LogP contribution is 2.22. The van der Waals surface area contributed by atoms with E-state index in [4.69, 9.17) is 5.73 Å². The zero-order valence-electron chi connectivity index (χ0n) is 15.7. The molecule has 0 unspecified atom stereocenters. The molecule has 0 radical (unpaired) electrons. The monoisotopic (exact) mass is 365 g/mol. The van der Waals surface area contributed by atoms with E-state index in [0.717, 1.165) is 0 Å². The minimum absolute atomic E-state index is 0.0207. The topological polar surface area (TPSA) is 102 Å². The average molecular weight is 365 g/mol. The summed E-state index contributed by atoms with van der Waals surface area (Å²) >= 11 is 0. The maximum absolute atomic E-state index is 12.7. The number of anilines is 1. The summed E-state index contributed by atoms with van der Waals surface area (Å²) in [6, 6.07) is 11.1. The van der Waals surface area contributed by atoms with Gasteiger partial charge in [-0.15, -0.1) is 0 Å². The Hall–Kier alpha value is -3.22. The molecule has 0 aliphatic heterocycles. The minimum atomic E-state index is -0.483. The van der Waals surface area contributed by atoms with E-state index in [1.165, 1.54) is 5.56 Å². The number of hydrogen-bond donors (Lipinski definition) is 2. The largest absolute Gasteiger partial charge is 0.368 e. The fourth-order valence-corrected chi connectivity index (χ4v) is 2.78. The van der Waals surface area contributed by atoms with E-state index in [2.05, 4.69) is 36.2 Å². The predicted molar refractivity (Wildman–Crippen MR) is 104 cm³/mol. The highest BCUT2D eigenvalue weighted by molar-refractivity contribution is 5.97. The van der Waals surface area contributed by atoms with Crippen molar-refractivity contribution < 1.29 is 9.59 Å². The molecule has 3 N–H and O–H groups in total. The Balaban J connectivity index is 1.83. The van der Waals surface area contributed by atoms with Crippen LogP contribution in [0, 0.1) is 0 Å². The third kappa shape index (κ3) is 4.31. The molecule has 0 bridgehead atoms. The molecule has 0 saturated carbocycles. The van der Waals surface area contributed by atoms with Crippen LogP contribution < -0.4 is 11.1 Å². The van der Waals surface area contributed by atoms with Gasteiger partial charge in [0.15, 0.2) is 11.4 Å². The van der Waals surface area contributed by atoms with Crippen LogP contribution in [-0.2, 0) is 16.6 Å². The zero-order chi connectivity index (χ0) is 19.6. The lowest BCUT2D eigenvalue weighted by Crippen LogP contribution is -2.23. The molecular weight excluding hydrogens is 342 g/mol. The van der Waals surface area contributed by atoms with Gasteiger partial charge in [0.1, 0.15) is 5.82 Å². The van der Waals surface area contributed by atoms with Gasteiger partial charge in [-0.3, -0.25) is 9.59 Å². The maximum atomic E-state index is 12.7. The number of amides is 1. The van der Waals surface area contributed by atoms with Gasteiger partial charge in [-0.2, -0.15) is 9.61 Å². The quantitative estimate of drug-likeness (QED) is 0.653. The molecule has 0 aliphatic rings. The second-order valence-corrected chi connectivity index (χ2v) is 7.48. The van der Waals surface area contributed by atoms with Gasteiger partial charge in [0.05, 0.1) is 24.9 Å². The van der Waals surface area contributed by atoms with E-state index in [1.54, 1.807) is 22.8 Å². The molecule has 7 heteroatoms. The Kier molecular flexibility index (Phi) is 4.94. The summed E-state index contributed by atoms with van der Waals surface area (Å²) in [5.41, 5.74) is 8.25. The number of ketones is 1. The molecule has 1 aromatic carbocycles. The number of aromatic nitrogens is 3. The highest BCUT2D eigenvalue weighted by atomic mass is 16.1. The number of carbonyl (C=O) groups is 2. The lowest BCUT2D eigenvalue weighted by Gasteiger charge is -2.19. The first-order valence-electron chi connectivity index (χ1n) is 8.73. The first-order valence-corrected chi connectivity index (χ1v) is 8.73. The average Bonchev–Trinajstić information content (AvgIpc) is 3.07. The molecule has 0 spiro atoms. The van der Waals surface area contributed by atoms with Crippen LogP contribution in [0.4, 0.5) is 5.82 Å². The third-order valence-electron chi connectivity index (χ3n) is 4.27. The fraction of sp³-hybridized carbons (Fsp3) is 0.300. The van der Waals surface area contributed by atoms with Gasteiger partial charge in [-0.1, -0.05) is 45.0 Å². The molecule has 0 atom stereocenters. The zero-order valence-corrected chi connectivity index (χ0v) is 15.7. The summed E-state index contributed by atoms with van der Waals surface area (Å²) in [5.74, 6) is 0.0611. The van der Waals surface area contributed by atoms with E-state index in [-0.39, 0.29) is 24.2 Å². The number of fused-ring (bicyclic) bond motifs is 1. The summed E-state index contributed by atoms with van der Waals surface area (Å²) in [6.45, 7) is 6.38. The van der Waals surface area contributed by atoms with Crippen molar-refractivity contribution in [1.82, 2.24) is 14.6 Å². The van der Waals surface area contributed by atoms with Crippen molar-refractivity contribution in [3.63, 3.8) is 0 Å². The van der Waals surface area contributed by atoms with Crippen molar-refractivity contribution in [2.45, 2.75) is 32.6 Å². The number of Topliss-reactive ketones (excluding diaryl/α,β-unsaturated/α-hetero) is 1. The van der Waals surface area contributed by atoms with Gasteiger partial charge in [0.2, 0.25) is 5.91 Å². The van der Waals surface area contributed by atoms with Crippen molar-refractivity contribution in [2.24, 2.45) is 5.73 Å². The number of benzene rings is 1. The van der Waals surface area contributed by atoms with Gasteiger partial charge in [-0.05, 0) is 11.0 Å². The van der Waals surface area contributed by atoms with Crippen molar-refractivity contribution >= 4 is 23.2 Å². The van der Waals surface area contributed by atoms with Gasteiger partial charge in [0, 0.05) is 17.7 Å². The summed E-state index contributed by atoms with van der Waals surface area (Å²) in [4.78, 5) is 28.2. The Morgan fingerprint density at radius 1 is 1.15 bits per heavy atom. The third-order valence-corrected chi connectivity index (χ3v) is 4.27. The van der Waals surface area contributed by atoms with Crippen molar-refractivity contribution in [2.75, 3.05) is 11.9 Å². The lowest BCUT2D eigenvalue weighted by molar-refractivity contribution is -0.116. The van der Waals surface area contributed by atoms with Crippen molar-refractivity contribution in [3.05, 3.63) is 59.4 Å². The van der Waals surface area contributed by atoms with E-state index in [9.17, 15) is 9.59 Å². The first-order chi connectivity index (χ1) is 12.7. The smallest absolute Gasteiger partial charge is 0.236 e. The van der Waals surface area contributed by atoms with Gasteiger partial charge >= 0.3 is 0 Å². The fourth-order valence-electron chi connectivity index (χ4n) is 2.78. The van der Waals surface area contributed by atoms with Crippen LogP contribution in [0.15, 0.2) is 42.6 Å². The Labute approximate surface area is 157 Å². The number of nitrogens with one attached hydrogen (secondary N) is 1.